The van der Waals surface area contributed by atoms with E-state index in [1.807, 2.05) is 0 Å². The number of hydrogen-bond acceptors (Lipinski definition) is 1. The van der Waals surface area contributed by atoms with Crippen molar-refractivity contribution in [3.8, 4) is 0 Å². The highest BCUT2D eigenvalue weighted by molar-refractivity contribution is 6.48. The molecule has 0 saturated carbocycles. The highest BCUT2D eigenvalue weighted by Gasteiger charge is 2.13. The predicted molar refractivity (Wildman–Crippen MR) is 77.7 cm³/mol. The maximum absolute atomic E-state index is 6.11. The van der Waals surface area contributed by atoms with Gasteiger partial charge in [-0.05, 0) is 37.3 Å². The number of nitrogens with two attached hydrogens (primary N) is 1. The number of halogens is 4. The second-order valence-electron chi connectivity index (χ2n) is 4.01. The van der Waals surface area contributed by atoms with Crippen molar-refractivity contribution in [2.24, 2.45) is 5.73 Å². The summed E-state index contributed by atoms with van der Waals surface area (Å²) >= 11 is 24.1. The number of rotatable bonds is 5. The summed E-state index contributed by atoms with van der Waals surface area (Å²) in [6.07, 6.45) is 3.57. The number of benzene rings is 1. The first-order chi connectivity index (χ1) is 7.97. The van der Waals surface area contributed by atoms with E-state index in [0.29, 0.717) is 20.1 Å². The van der Waals surface area contributed by atoms with Crippen LogP contribution in [0.2, 0.25) is 20.1 Å². The van der Waals surface area contributed by atoms with Gasteiger partial charge in [0.15, 0.2) is 0 Å². The van der Waals surface area contributed by atoms with Crippen LogP contribution in [-0.4, -0.2) is 6.04 Å². The van der Waals surface area contributed by atoms with E-state index in [2.05, 4.69) is 6.92 Å². The first-order valence-corrected chi connectivity index (χ1v) is 7.06. The minimum atomic E-state index is 0.224. The molecule has 0 heterocycles. The molecule has 1 aromatic rings. The molecule has 1 unspecified atom stereocenters. The maximum Gasteiger partial charge on any atom is 0.0640 e. The lowest BCUT2D eigenvalue weighted by molar-refractivity contribution is 0.568. The van der Waals surface area contributed by atoms with Crippen molar-refractivity contribution in [3.63, 3.8) is 0 Å². The lowest BCUT2D eigenvalue weighted by Gasteiger charge is -2.12. The smallest absolute Gasteiger partial charge is 0.0640 e. The maximum atomic E-state index is 6.11. The summed E-state index contributed by atoms with van der Waals surface area (Å²) in [7, 11) is 0. The zero-order chi connectivity index (χ0) is 13.0. The molecule has 0 bridgehead atoms. The highest BCUT2D eigenvalue weighted by atomic mass is 35.5. The monoisotopic (exact) mass is 313 g/mol. The van der Waals surface area contributed by atoms with Gasteiger partial charge in [-0.25, -0.2) is 0 Å². The van der Waals surface area contributed by atoms with Crippen LogP contribution in [0.5, 0.6) is 0 Å². The summed E-state index contributed by atoms with van der Waals surface area (Å²) in [6.45, 7) is 2.07. The molecule has 1 nitrogen and oxygen atoms in total. The molecule has 1 aromatic carbocycles. The van der Waals surface area contributed by atoms with Crippen LogP contribution in [0.1, 0.15) is 31.7 Å². The van der Waals surface area contributed by atoms with E-state index in [1.54, 1.807) is 6.07 Å². The van der Waals surface area contributed by atoms with Gasteiger partial charge < -0.3 is 5.73 Å². The van der Waals surface area contributed by atoms with Crippen molar-refractivity contribution in [3.05, 3.63) is 31.7 Å². The highest BCUT2D eigenvalue weighted by Crippen LogP contribution is 2.37. The summed E-state index contributed by atoms with van der Waals surface area (Å²) < 4.78 is 0. The number of hydrogen-bond donors (Lipinski definition) is 1. The first kappa shape index (κ1) is 15.4. The fourth-order valence-electron chi connectivity index (χ4n) is 1.59. The normalized spacial score (nSPS) is 12.8. The van der Waals surface area contributed by atoms with Crippen LogP contribution >= 0.6 is 46.4 Å². The molecule has 0 spiro atoms. The molecular formula is C12H15Cl4N. The van der Waals surface area contributed by atoms with Crippen molar-refractivity contribution < 1.29 is 0 Å². The van der Waals surface area contributed by atoms with Crippen molar-refractivity contribution in [2.75, 3.05) is 0 Å². The Morgan fingerprint density at radius 1 is 1.12 bits per heavy atom. The van der Waals surface area contributed by atoms with Gasteiger partial charge in [0.05, 0.1) is 20.1 Å². The molecule has 0 aliphatic rings. The van der Waals surface area contributed by atoms with Crippen molar-refractivity contribution >= 4 is 46.4 Å². The first-order valence-electron chi connectivity index (χ1n) is 5.54. The summed E-state index contributed by atoms with van der Waals surface area (Å²) in [5.74, 6) is 0. The van der Waals surface area contributed by atoms with Gasteiger partial charge in [0.1, 0.15) is 0 Å². The molecule has 0 amide bonds. The largest absolute Gasteiger partial charge is 0.328 e. The minimum absolute atomic E-state index is 0.224. The van der Waals surface area contributed by atoms with E-state index < -0.39 is 0 Å². The molecule has 17 heavy (non-hydrogen) atoms. The van der Waals surface area contributed by atoms with Crippen LogP contribution in [0.15, 0.2) is 6.07 Å². The zero-order valence-electron chi connectivity index (χ0n) is 9.57. The van der Waals surface area contributed by atoms with E-state index in [1.165, 1.54) is 0 Å². The van der Waals surface area contributed by atoms with E-state index in [9.17, 15) is 0 Å². The molecule has 0 aromatic heterocycles. The Morgan fingerprint density at radius 3 is 2.12 bits per heavy atom. The fourth-order valence-corrected chi connectivity index (χ4v) is 2.62. The molecule has 0 fully saturated rings. The molecule has 5 heteroatoms. The summed E-state index contributed by atoms with van der Waals surface area (Å²) in [4.78, 5) is 0. The molecule has 0 saturated heterocycles. The van der Waals surface area contributed by atoms with Gasteiger partial charge in [-0.15, -0.1) is 0 Å². The lowest BCUT2D eigenvalue weighted by Crippen LogP contribution is -2.18. The molecule has 1 rings (SSSR count). The van der Waals surface area contributed by atoms with E-state index >= 15 is 0 Å². The van der Waals surface area contributed by atoms with Crippen LogP contribution < -0.4 is 5.73 Å². The molecule has 0 aliphatic carbocycles. The molecule has 96 valence electrons. The van der Waals surface area contributed by atoms with Gasteiger partial charge in [0.25, 0.3) is 0 Å². The standard InChI is InChI=1S/C12H15Cl4N/c1-2-7(17)4-3-5-8-11(15)9(13)6-10(14)12(8)16/h6-7H,2-5,17H2,1H3. The van der Waals surface area contributed by atoms with Gasteiger partial charge in [-0.3, -0.25) is 0 Å². The summed E-state index contributed by atoms with van der Waals surface area (Å²) in [5.41, 5.74) is 6.67. The van der Waals surface area contributed by atoms with Gasteiger partial charge >= 0.3 is 0 Å². The van der Waals surface area contributed by atoms with Gasteiger partial charge in [0, 0.05) is 6.04 Å². The van der Waals surface area contributed by atoms with Gasteiger partial charge in [0.2, 0.25) is 0 Å². The second kappa shape index (κ2) is 7.06. The molecule has 2 N–H and O–H groups in total. The molecule has 0 radical (unpaired) electrons. The lowest BCUT2D eigenvalue weighted by atomic mass is 10.0. The Labute approximate surface area is 122 Å². The average Bonchev–Trinajstić information content (AvgIpc) is 2.30. The molecule has 1 atom stereocenters. The van der Waals surface area contributed by atoms with E-state index in [4.69, 9.17) is 52.1 Å². The van der Waals surface area contributed by atoms with Gasteiger partial charge in [-0.2, -0.15) is 0 Å². The van der Waals surface area contributed by atoms with Crippen molar-refractivity contribution in [1.82, 2.24) is 0 Å². The SMILES string of the molecule is CCC(N)CCCc1c(Cl)c(Cl)cc(Cl)c1Cl. The van der Waals surface area contributed by atoms with Crippen molar-refractivity contribution in [1.29, 1.82) is 0 Å². The van der Waals surface area contributed by atoms with Crippen LogP contribution in [0.4, 0.5) is 0 Å². The topological polar surface area (TPSA) is 26.0 Å². The van der Waals surface area contributed by atoms with Crippen LogP contribution in [0.25, 0.3) is 0 Å². The third kappa shape index (κ3) is 4.18. The molecular weight excluding hydrogens is 300 g/mol. The van der Waals surface area contributed by atoms with Crippen LogP contribution in [0.3, 0.4) is 0 Å². The Kier molecular flexibility index (Phi) is 6.39. The van der Waals surface area contributed by atoms with E-state index in [-0.39, 0.29) is 6.04 Å². The van der Waals surface area contributed by atoms with Crippen LogP contribution in [-0.2, 0) is 6.42 Å². The third-order valence-electron chi connectivity index (χ3n) is 2.73. The third-order valence-corrected chi connectivity index (χ3v) is 4.38. The zero-order valence-corrected chi connectivity index (χ0v) is 12.6. The minimum Gasteiger partial charge on any atom is -0.328 e. The Balaban J connectivity index is 2.77. The van der Waals surface area contributed by atoms with Crippen molar-refractivity contribution in [2.45, 2.75) is 38.6 Å². The second-order valence-corrected chi connectivity index (χ2v) is 5.58. The van der Waals surface area contributed by atoms with Crippen LogP contribution in [0, 0.1) is 0 Å². The quantitative estimate of drug-likeness (QED) is 0.727. The average molecular weight is 315 g/mol. The van der Waals surface area contributed by atoms with E-state index in [0.717, 1.165) is 31.2 Å². The molecule has 0 aliphatic heterocycles. The predicted octanol–water partition coefficient (Wildman–Crippen LogP) is 5.36. The fraction of sp³-hybridized carbons (Fsp3) is 0.500. The van der Waals surface area contributed by atoms with Gasteiger partial charge in [-0.1, -0.05) is 53.3 Å². The summed E-state index contributed by atoms with van der Waals surface area (Å²) in [5, 5.41) is 1.86. The Hall–Kier alpha value is 0.340. The summed E-state index contributed by atoms with van der Waals surface area (Å²) in [6, 6.07) is 1.79. The Bertz CT molecular complexity index is 366. The Morgan fingerprint density at radius 2 is 1.65 bits per heavy atom.